The molecule has 0 amide bonds. The third-order valence-electron chi connectivity index (χ3n) is 3.90. The molecule has 0 bridgehead atoms. The van der Waals surface area contributed by atoms with Gasteiger partial charge < -0.3 is 9.52 Å². The maximum Gasteiger partial charge on any atom is 0.419 e. The molecule has 8 nitrogen and oxygen atoms in total. The predicted molar refractivity (Wildman–Crippen MR) is 76.0 cm³/mol. The van der Waals surface area contributed by atoms with Crippen molar-refractivity contribution in [3.63, 3.8) is 0 Å². The van der Waals surface area contributed by atoms with Gasteiger partial charge >= 0.3 is 11.7 Å². The first-order chi connectivity index (χ1) is 10.3. The fourth-order valence-corrected chi connectivity index (χ4v) is 4.09. The van der Waals surface area contributed by atoms with E-state index in [0.717, 1.165) is 4.31 Å². The van der Waals surface area contributed by atoms with Gasteiger partial charge in [0.15, 0.2) is 5.58 Å². The van der Waals surface area contributed by atoms with E-state index >= 15 is 0 Å². The summed E-state index contributed by atoms with van der Waals surface area (Å²) in [6.45, 7) is 0.116. The zero-order valence-corrected chi connectivity index (χ0v) is 12.5. The first kappa shape index (κ1) is 14.8. The summed E-state index contributed by atoms with van der Waals surface area (Å²) < 4.78 is 32.5. The summed E-state index contributed by atoms with van der Waals surface area (Å²) in [4.78, 5) is 22.4. The second kappa shape index (κ2) is 4.96. The van der Waals surface area contributed by atoms with Crippen LogP contribution in [0.3, 0.4) is 0 Å². The van der Waals surface area contributed by atoms with Gasteiger partial charge in [-0.3, -0.25) is 9.36 Å². The minimum Gasteiger partial charge on any atom is -0.481 e. The SMILES string of the molecule is Cn1c(=O)oc2cc(S(=O)(=O)N3CCC(C(=O)O)C3)ccc21. The normalized spacial score (nSPS) is 19.8. The van der Waals surface area contributed by atoms with Gasteiger partial charge in [0, 0.05) is 26.2 Å². The molecule has 0 aliphatic carbocycles. The van der Waals surface area contributed by atoms with E-state index in [1.165, 1.54) is 29.8 Å². The van der Waals surface area contributed by atoms with Gasteiger partial charge in [0.05, 0.1) is 16.3 Å². The molecule has 3 rings (SSSR count). The highest BCUT2D eigenvalue weighted by molar-refractivity contribution is 7.89. The maximum atomic E-state index is 12.5. The van der Waals surface area contributed by atoms with E-state index in [0.29, 0.717) is 5.52 Å². The van der Waals surface area contributed by atoms with Crippen LogP contribution in [-0.4, -0.2) is 41.5 Å². The van der Waals surface area contributed by atoms with Crippen molar-refractivity contribution in [1.82, 2.24) is 8.87 Å². The molecule has 9 heteroatoms. The Morgan fingerprint density at radius 3 is 2.77 bits per heavy atom. The molecule has 0 saturated carbocycles. The second-order valence-electron chi connectivity index (χ2n) is 5.24. The Balaban J connectivity index is 1.99. The van der Waals surface area contributed by atoms with Crippen LogP contribution in [0, 0.1) is 5.92 Å². The van der Waals surface area contributed by atoms with Gasteiger partial charge in [0.1, 0.15) is 0 Å². The van der Waals surface area contributed by atoms with E-state index in [2.05, 4.69) is 0 Å². The summed E-state index contributed by atoms with van der Waals surface area (Å²) >= 11 is 0. The molecule has 1 aliphatic heterocycles. The molecule has 1 saturated heterocycles. The van der Waals surface area contributed by atoms with Gasteiger partial charge in [0.25, 0.3) is 0 Å². The number of benzene rings is 1. The zero-order chi connectivity index (χ0) is 16.1. The largest absolute Gasteiger partial charge is 0.481 e. The average molecular weight is 326 g/mol. The zero-order valence-electron chi connectivity index (χ0n) is 11.7. The van der Waals surface area contributed by atoms with Gasteiger partial charge in [-0.15, -0.1) is 0 Å². The molecule has 2 heterocycles. The maximum absolute atomic E-state index is 12.5. The number of aryl methyl sites for hydroxylation is 1. The van der Waals surface area contributed by atoms with E-state index in [4.69, 9.17) is 9.52 Å². The molecule has 1 fully saturated rings. The van der Waals surface area contributed by atoms with Crippen LogP contribution in [0.5, 0.6) is 0 Å². The third kappa shape index (κ3) is 2.22. The molecule has 1 N–H and O–H groups in total. The second-order valence-corrected chi connectivity index (χ2v) is 7.18. The molecule has 0 spiro atoms. The summed E-state index contributed by atoms with van der Waals surface area (Å²) in [5.41, 5.74) is 0.677. The number of carboxylic acids is 1. The molecule has 1 unspecified atom stereocenters. The smallest absolute Gasteiger partial charge is 0.419 e. The van der Waals surface area contributed by atoms with Gasteiger partial charge in [0.2, 0.25) is 10.0 Å². The molecule has 2 aromatic rings. The number of sulfonamides is 1. The molecular weight excluding hydrogens is 312 g/mol. The van der Waals surface area contributed by atoms with Gasteiger partial charge in [-0.25, -0.2) is 13.2 Å². The van der Waals surface area contributed by atoms with Crippen molar-refractivity contribution < 1.29 is 22.7 Å². The number of hydrogen-bond acceptors (Lipinski definition) is 5. The first-order valence-electron chi connectivity index (χ1n) is 6.63. The van der Waals surface area contributed by atoms with Crippen molar-refractivity contribution in [2.24, 2.45) is 13.0 Å². The molecule has 0 radical (unpaired) electrons. The van der Waals surface area contributed by atoms with Crippen molar-refractivity contribution >= 4 is 27.1 Å². The number of carbonyl (C=O) groups is 1. The highest BCUT2D eigenvalue weighted by atomic mass is 32.2. The Morgan fingerprint density at radius 1 is 1.41 bits per heavy atom. The van der Waals surface area contributed by atoms with Crippen molar-refractivity contribution in [1.29, 1.82) is 0 Å². The van der Waals surface area contributed by atoms with Crippen LogP contribution in [-0.2, 0) is 21.9 Å². The average Bonchev–Trinajstić information content (AvgIpc) is 3.05. The number of nitrogens with zero attached hydrogens (tertiary/aromatic N) is 2. The number of aromatic nitrogens is 1. The van der Waals surface area contributed by atoms with Crippen LogP contribution in [0.2, 0.25) is 0 Å². The molecule has 1 aliphatic rings. The summed E-state index contributed by atoms with van der Waals surface area (Å²) in [5.74, 6) is -2.26. The van der Waals surface area contributed by atoms with E-state index in [-0.39, 0.29) is 30.0 Å². The quantitative estimate of drug-likeness (QED) is 0.864. The van der Waals surface area contributed by atoms with E-state index in [1.807, 2.05) is 0 Å². The van der Waals surface area contributed by atoms with Crippen LogP contribution >= 0.6 is 0 Å². The summed E-state index contributed by atoms with van der Waals surface area (Å²) in [6, 6.07) is 4.18. The first-order valence-corrected chi connectivity index (χ1v) is 8.07. The molecular formula is C13H14N2O6S. The lowest BCUT2D eigenvalue weighted by molar-refractivity contribution is -0.141. The van der Waals surface area contributed by atoms with E-state index in [9.17, 15) is 18.0 Å². The monoisotopic (exact) mass is 326 g/mol. The van der Waals surface area contributed by atoms with Gasteiger partial charge in [-0.05, 0) is 18.6 Å². The number of hydrogen-bond donors (Lipinski definition) is 1. The Kier molecular flexibility index (Phi) is 3.33. The highest BCUT2D eigenvalue weighted by Crippen LogP contribution is 2.26. The van der Waals surface area contributed by atoms with Crippen LogP contribution < -0.4 is 5.76 Å². The number of rotatable bonds is 3. The Labute approximate surface area is 125 Å². The van der Waals surface area contributed by atoms with Crippen LogP contribution in [0.1, 0.15) is 6.42 Å². The number of carboxylic acid groups (broad SMARTS) is 1. The van der Waals surface area contributed by atoms with Crippen LogP contribution in [0.15, 0.2) is 32.3 Å². The summed E-state index contributed by atoms with van der Waals surface area (Å²) in [7, 11) is -2.27. The number of fused-ring (bicyclic) bond motifs is 1. The fourth-order valence-electron chi connectivity index (χ4n) is 2.57. The van der Waals surface area contributed by atoms with Crippen molar-refractivity contribution in [2.45, 2.75) is 11.3 Å². The van der Waals surface area contributed by atoms with E-state index < -0.39 is 27.7 Å². The van der Waals surface area contributed by atoms with Crippen molar-refractivity contribution in [3.05, 3.63) is 28.7 Å². The Bertz CT molecular complexity index is 910. The standard InChI is InChI=1S/C13H14N2O6S/c1-14-10-3-2-9(6-11(10)21-13(14)18)22(19,20)15-5-4-8(7-15)12(16)17/h2-3,6,8H,4-5,7H2,1H3,(H,16,17). The van der Waals surface area contributed by atoms with Crippen LogP contribution in [0.25, 0.3) is 11.1 Å². The van der Waals surface area contributed by atoms with Crippen LogP contribution in [0.4, 0.5) is 0 Å². The Hall–Kier alpha value is -2.13. The predicted octanol–water partition coefficient (Wildman–Crippen LogP) is 0.227. The van der Waals surface area contributed by atoms with Crippen molar-refractivity contribution in [2.75, 3.05) is 13.1 Å². The van der Waals surface area contributed by atoms with Crippen molar-refractivity contribution in [3.8, 4) is 0 Å². The summed E-state index contributed by atoms with van der Waals surface area (Å²) in [5, 5.41) is 8.97. The molecule has 22 heavy (non-hydrogen) atoms. The lowest BCUT2D eigenvalue weighted by Crippen LogP contribution is -2.30. The molecule has 118 valence electrons. The molecule has 1 aromatic carbocycles. The topological polar surface area (TPSA) is 110 Å². The summed E-state index contributed by atoms with van der Waals surface area (Å²) in [6.07, 6.45) is 0.289. The minimum absolute atomic E-state index is 0.0135. The lowest BCUT2D eigenvalue weighted by atomic mass is 10.1. The third-order valence-corrected chi connectivity index (χ3v) is 5.76. The fraction of sp³-hybridized carbons (Fsp3) is 0.385. The van der Waals surface area contributed by atoms with E-state index in [1.54, 1.807) is 0 Å². The minimum atomic E-state index is -3.80. The number of aliphatic carboxylic acids is 1. The van der Waals surface area contributed by atoms with Gasteiger partial charge in [-0.1, -0.05) is 0 Å². The highest BCUT2D eigenvalue weighted by Gasteiger charge is 2.36. The molecule has 1 aromatic heterocycles. The lowest BCUT2D eigenvalue weighted by Gasteiger charge is -2.15. The molecule has 1 atom stereocenters. The number of oxazole rings is 1. The Morgan fingerprint density at radius 2 is 2.14 bits per heavy atom. The van der Waals surface area contributed by atoms with Gasteiger partial charge in [-0.2, -0.15) is 4.31 Å².